The third-order valence-corrected chi connectivity index (χ3v) is 7.19. The zero-order valence-corrected chi connectivity index (χ0v) is 19.6. The SMILES string of the molecule is CC1(C)CCC(C)(C)c2cc(C(O)Cn3ccn4c(=O)cc(-c5ccncc5)nc34)ccc21. The van der Waals surface area contributed by atoms with Crippen LogP contribution in [0, 0.1) is 0 Å². The van der Waals surface area contributed by atoms with Gasteiger partial charge in [0.25, 0.3) is 5.56 Å². The van der Waals surface area contributed by atoms with Gasteiger partial charge in [-0.25, -0.2) is 4.98 Å². The lowest BCUT2D eigenvalue weighted by molar-refractivity contribution is 0.157. The van der Waals surface area contributed by atoms with Gasteiger partial charge in [0.1, 0.15) is 0 Å². The molecule has 1 atom stereocenters. The summed E-state index contributed by atoms with van der Waals surface area (Å²) >= 11 is 0. The lowest BCUT2D eigenvalue weighted by atomic mass is 9.63. The van der Waals surface area contributed by atoms with Gasteiger partial charge >= 0.3 is 0 Å². The monoisotopic (exact) mass is 442 g/mol. The molecule has 0 amide bonds. The molecule has 33 heavy (non-hydrogen) atoms. The summed E-state index contributed by atoms with van der Waals surface area (Å²) in [6.45, 7) is 9.48. The van der Waals surface area contributed by atoms with E-state index in [2.05, 4.69) is 44.8 Å². The smallest absolute Gasteiger partial charge is 0.259 e. The molecule has 5 rings (SSSR count). The van der Waals surface area contributed by atoms with Crippen molar-refractivity contribution in [1.82, 2.24) is 18.9 Å². The summed E-state index contributed by atoms with van der Waals surface area (Å²) in [6, 6.07) is 11.6. The third kappa shape index (κ3) is 3.78. The topological polar surface area (TPSA) is 72.4 Å². The molecule has 4 aromatic rings. The van der Waals surface area contributed by atoms with Gasteiger partial charge in [0.15, 0.2) is 0 Å². The molecular weight excluding hydrogens is 412 g/mol. The number of aliphatic hydroxyl groups excluding tert-OH is 1. The lowest BCUT2D eigenvalue weighted by Crippen LogP contribution is -2.34. The quantitative estimate of drug-likeness (QED) is 0.500. The van der Waals surface area contributed by atoms with Crippen molar-refractivity contribution in [3.63, 3.8) is 0 Å². The maximum atomic E-state index is 12.7. The zero-order chi connectivity index (χ0) is 23.4. The maximum Gasteiger partial charge on any atom is 0.259 e. The van der Waals surface area contributed by atoms with Crippen LogP contribution in [0.25, 0.3) is 17.0 Å². The van der Waals surface area contributed by atoms with E-state index in [0.717, 1.165) is 24.0 Å². The van der Waals surface area contributed by atoms with Crippen LogP contribution in [0.1, 0.15) is 63.3 Å². The fourth-order valence-electron chi connectivity index (χ4n) is 4.95. The number of rotatable bonds is 4. The number of fused-ring (bicyclic) bond motifs is 2. The Hall–Kier alpha value is -3.25. The second kappa shape index (κ2) is 7.66. The lowest BCUT2D eigenvalue weighted by Gasteiger charge is -2.42. The number of nitrogens with zero attached hydrogens (tertiary/aromatic N) is 4. The highest BCUT2D eigenvalue weighted by molar-refractivity contribution is 5.59. The molecule has 0 saturated heterocycles. The van der Waals surface area contributed by atoms with E-state index in [-0.39, 0.29) is 16.4 Å². The fourth-order valence-corrected chi connectivity index (χ4v) is 4.95. The van der Waals surface area contributed by atoms with Crippen molar-refractivity contribution in [1.29, 1.82) is 0 Å². The molecule has 3 heterocycles. The Balaban J connectivity index is 1.51. The van der Waals surface area contributed by atoms with Crippen LogP contribution in [-0.2, 0) is 17.4 Å². The van der Waals surface area contributed by atoms with Crippen molar-refractivity contribution in [2.24, 2.45) is 0 Å². The van der Waals surface area contributed by atoms with Crippen LogP contribution in [0.2, 0.25) is 0 Å². The third-order valence-electron chi connectivity index (χ3n) is 7.19. The van der Waals surface area contributed by atoms with E-state index in [1.807, 2.05) is 22.8 Å². The Morgan fingerprint density at radius 2 is 1.67 bits per heavy atom. The number of pyridine rings is 1. The maximum absolute atomic E-state index is 12.7. The van der Waals surface area contributed by atoms with E-state index in [1.54, 1.807) is 24.8 Å². The van der Waals surface area contributed by atoms with Gasteiger partial charge in [0, 0.05) is 36.4 Å². The molecule has 1 aliphatic carbocycles. The minimum absolute atomic E-state index is 0.0784. The van der Waals surface area contributed by atoms with Crippen molar-refractivity contribution in [3.8, 4) is 11.3 Å². The minimum Gasteiger partial charge on any atom is -0.387 e. The summed E-state index contributed by atoms with van der Waals surface area (Å²) in [5, 5.41) is 11.2. The Kier molecular flexibility index (Phi) is 5.01. The number of aliphatic hydroxyl groups is 1. The molecule has 0 aliphatic heterocycles. The predicted octanol–water partition coefficient (Wildman–Crippen LogP) is 4.64. The molecular formula is C27H30N4O2. The first-order chi connectivity index (χ1) is 15.7. The Labute approximate surface area is 193 Å². The molecule has 0 radical (unpaired) electrons. The summed E-state index contributed by atoms with van der Waals surface area (Å²) in [5.74, 6) is 0.507. The molecule has 1 unspecified atom stereocenters. The van der Waals surface area contributed by atoms with Gasteiger partial charge in [-0.1, -0.05) is 45.9 Å². The first kappa shape index (κ1) is 21.6. The second-order valence-electron chi connectivity index (χ2n) is 10.4. The number of hydrogen-bond acceptors (Lipinski definition) is 4. The van der Waals surface area contributed by atoms with Gasteiger partial charge in [-0.3, -0.25) is 14.2 Å². The fraction of sp³-hybridized carbons (Fsp3) is 0.370. The molecule has 3 aromatic heterocycles. The molecule has 0 saturated carbocycles. The predicted molar refractivity (Wildman–Crippen MR) is 129 cm³/mol. The highest BCUT2D eigenvalue weighted by Gasteiger charge is 2.37. The summed E-state index contributed by atoms with van der Waals surface area (Å²) in [5.41, 5.74) is 5.07. The van der Waals surface area contributed by atoms with Gasteiger partial charge in [0.05, 0.1) is 18.3 Å². The highest BCUT2D eigenvalue weighted by atomic mass is 16.3. The van der Waals surface area contributed by atoms with Crippen LogP contribution in [0.15, 0.2) is 66.0 Å². The van der Waals surface area contributed by atoms with E-state index in [9.17, 15) is 9.90 Å². The molecule has 1 aromatic carbocycles. The second-order valence-corrected chi connectivity index (χ2v) is 10.4. The van der Waals surface area contributed by atoms with Crippen molar-refractivity contribution < 1.29 is 5.11 Å². The van der Waals surface area contributed by atoms with Crippen LogP contribution < -0.4 is 5.56 Å². The van der Waals surface area contributed by atoms with E-state index < -0.39 is 6.10 Å². The average Bonchev–Trinajstić information content (AvgIpc) is 3.20. The number of benzene rings is 1. The van der Waals surface area contributed by atoms with Crippen molar-refractivity contribution in [2.75, 3.05) is 0 Å². The number of imidazole rings is 1. The molecule has 1 N–H and O–H groups in total. The van der Waals surface area contributed by atoms with Crippen molar-refractivity contribution in [3.05, 3.63) is 88.2 Å². The van der Waals surface area contributed by atoms with Crippen molar-refractivity contribution in [2.45, 2.75) is 64.0 Å². The van der Waals surface area contributed by atoms with Crippen LogP contribution >= 0.6 is 0 Å². The van der Waals surface area contributed by atoms with Gasteiger partial charge in [-0.15, -0.1) is 0 Å². The van der Waals surface area contributed by atoms with Crippen LogP contribution in [0.3, 0.4) is 0 Å². The normalized spacial score (nSPS) is 17.6. The van der Waals surface area contributed by atoms with Gasteiger partial charge in [-0.05, 0) is 52.5 Å². The van der Waals surface area contributed by atoms with E-state index in [1.165, 1.54) is 21.6 Å². The van der Waals surface area contributed by atoms with E-state index in [0.29, 0.717) is 18.0 Å². The zero-order valence-electron chi connectivity index (χ0n) is 19.6. The van der Waals surface area contributed by atoms with Crippen LogP contribution in [0.4, 0.5) is 0 Å². The molecule has 6 nitrogen and oxygen atoms in total. The molecule has 0 bridgehead atoms. The van der Waals surface area contributed by atoms with Gasteiger partial charge in [-0.2, -0.15) is 0 Å². The molecule has 6 heteroatoms. The summed E-state index contributed by atoms with van der Waals surface area (Å²) in [4.78, 5) is 21.4. The van der Waals surface area contributed by atoms with Crippen molar-refractivity contribution >= 4 is 5.78 Å². The first-order valence-electron chi connectivity index (χ1n) is 11.5. The Morgan fingerprint density at radius 3 is 2.39 bits per heavy atom. The minimum atomic E-state index is -0.714. The Bertz CT molecular complexity index is 1380. The molecule has 1 aliphatic rings. The molecule has 0 spiro atoms. The standard InChI is InChI=1S/C27H30N4O2/c1-26(2)9-10-27(3,4)21-15-19(5-6-20(21)26)23(32)17-30-13-14-31-24(33)16-22(29-25(30)31)18-7-11-28-12-8-18/h5-8,11-16,23,32H,9-10,17H2,1-4H3. The average molecular weight is 443 g/mol. The number of aromatic nitrogens is 4. The van der Waals surface area contributed by atoms with E-state index in [4.69, 9.17) is 4.98 Å². The van der Waals surface area contributed by atoms with Gasteiger partial charge < -0.3 is 9.67 Å². The molecule has 0 fully saturated rings. The van der Waals surface area contributed by atoms with Crippen LogP contribution in [0.5, 0.6) is 0 Å². The molecule has 170 valence electrons. The summed E-state index contributed by atoms with van der Waals surface area (Å²) in [7, 11) is 0. The number of hydrogen-bond donors (Lipinski definition) is 1. The summed E-state index contributed by atoms with van der Waals surface area (Å²) < 4.78 is 3.35. The highest BCUT2D eigenvalue weighted by Crippen LogP contribution is 2.46. The first-order valence-corrected chi connectivity index (χ1v) is 11.5. The van der Waals surface area contributed by atoms with Crippen LogP contribution in [-0.4, -0.2) is 24.0 Å². The summed E-state index contributed by atoms with van der Waals surface area (Å²) in [6.07, 6.45) is 8.43. The largest absolute Gasteiger partial charge is 0.387 e. The van der Waals surface area contributed by atoms with Gasteiger partial charge in [0.2, 0.25) is 5.78 Å². The Morgan fingerprint density at radius 1 is 0.970 bits per heavy atom. The van der Waals surface area contributed by atoms with E-state index >= 15 is 0 Å².